The third-order valence-corrected chi connectivity index (χ3v) is 3.42. The van der Waals surface area contributed by atoms with E-state index in [0.29, 0.717) is 11.4 Å². The van der Waals surface area contributed by atoms with Gasteiger partial charge in [-0.15, -0.1) is 0 Å². The normalized spacial score (nSPS) is 19.7. The minimum atomic E-state index is -0.499. The van der Waals surface area contributed by atoms with Gasteiger partial charge in [-0.1, -0.05) is 0 Å². The van der Waals surface area contributed by atoms with Crippen LogP contribution in [0.3, 0.4) is 0 Å². The molecule has 0 radical (unpaired) electrons. The first-order valence-electron chi connectivity index (χ1n) is 5.47. The summed E-state index contributed by atoms with van der Waals surface area (Å²) in [5, 5.41) is 2.60. The summed E-state index contributed by atoms with van der Waals surface area (Å²) in [5.74, 6) is 0.335. The maximum absolute atomic E-state index is 12.0. The molecule has 1 fully saturated rings. The van der Waals surface area contributed by atoms with Crippen molar-refractivity contribution in [1.82, 2.24) is 5.32 Å². The Kier molecular flexibility index (Phi) is 3.56. The second-order valence-corrected chi connectivity index (χ2v) is 4.89. The number of piperazine rings is 1. The lowest BCUT2D eigenvalue weighted by atomic mass is 10.2. The van der Waals surface area contributed by atoms with E-state index in [-0.39, 0.29) is 18.4 Å². The summed E-state index contributed by atoms with van der Waals surface area (Å²) in [6.07, 6.45) is 0. The second kappa shape index (κ2) is 4.97. The van der Waals surface area contributed by atoms with E-state index in [9.17, 15) is 9.59 Å². The van der Waals surface area contributed by atoms with Gasteiger partial charge in [0.15, 0.2) is 0 Å². The summed E-state index contributed by atoms with van der Waals surface area (Å²) < 4.78 is 5.98. The number of ether oxygens (including phenoxy) is 1. The number of nitrogens with one attached hydrogen (secondary N) is 1. The Labute approximate surface area is 113 Å². The Morgan fingerprint density at radius 2 is 2.17 bits per heavy atom. The molecule has 0 spiro atoms. The summed E-state index contributed by atoms with van der Waals surface area (Å²) >= 11 is 3.35. The van der Waals surface area contributed by atoms with Gasteiger partial charge in [0.05, 0.1) is 11.6 Å². The van der Waals surface area contributed by atoms with Crippen LogP contribution in [-0.2, 0) is 9.59 Å². The van der Waals surface area contributed by atoms with Gasteiger partial charge in [-0.3, -0.25) is 9.59 Å². The molecule has 0 bridgehead atoms. The van der Waals surface area contributed by atoms with E-state index in [1.807, 2.05) is 0 Å². The van der Waals surface area contributed by atoms with Gasteiger partial charge < -0.3 is 15.0 Å². The lowest BCUT2D eigenvalue weighted by Gasteiger charge is -2.31. The van der Waals surface area contributed by atoms with Crippen molar-refractivity contribution in [2.45, 2.75) is 13.0 Å². The molecule has 2 amide bonds. The lowest BCUT2D eigenvalue weighted by molar-refractivity contribution is -0.130. The number of hydrogen-bond donors (Lipinski definition) is 1. The highest BCUT2D eigenvalue weighted by atomic mass is 79.9. The molecular weight excluding hydrogens is 300 g/mol. The van der Waals surface area contributed by atoms with E-state index >= 15 is 0 Å². The first-order chi connectivity index (χ1) is 8.52. The summed E-state index contributed by atoms with van der Waals surface area (Å²) in [5.41, 5.74) is 0.654. The highest BCUT2D eigenvalue weighted by Gasteiger charge is 2.30. The summed E-state index contributed by atoms with van der Waals surface area (Å²) in [7, 11) is 1.55. The van der Waals surface area contributed by atoms with Crippen LogP contribution < -0.4 is 15.0 Å². The zero-order valence-electron chi connectivity index (χ0n) is 10.1. The van der Waals surface area contributed by atoms with Gasteiger partial charge in [0.25, 0.3) is 0 Å². The molecule has 1 aliphatic rings. The van der Waals surface area contributed by atoms with Gasteiger partial charge in [-0.25, -0.2) is 0 Å². The van der Waals surface area contributed by atoms with E-state index in [1.54, 1.807) is 32.2 Å². The molecule has 0 aromatic heterocycles. The van der Waals surface area contributed by atoms with Gasteiger partial charge in [-0.2, -0.15) is 0 Å². The maximum Gasteiger partial charge on any atom is 0.249 e. The summed E-state index contributed by atoms with van der Waals surface area (Å²) in [6.45, 7) is 1.70. The molecule has 1 unspecified atom stereocenters. The first-order valence-corrected chi connectivity index (χ1v) is 6.26. The Morgan fingerprint density at radius 1 is 1.44 bits per heavy atom. The fourth-order valence-electron chi connectivity index (χ4n) is 1.84. The minimum absolute atomic E-state index is 0.0357. The van der Waals surface area contributed by atoms with Crippen LogP contribution in [0, 0.1) is 0 Å². The van der Waals surface area contributed by atoms with Gasteiger partial charge in [0.2, 0.25) is 11.8 Å². The van der Waals surface area contributed by atoms with E-state index in [2.05, 4.69) is 21.2 Å². The molecule has 1 saturated heterocycles. The number of methoxy groups -OCH3 is 1. The molecule has 1 N–H and O–H groups in total. The number of carbonyl (C=O) groups is 2. The fourth-order valence-corrected chi connectivity index (χ4v) is 2.25. The van der Waals surface area contributed by atoms with Crippen molar-refractivity contribution < 1.29 is 14.3 Å². The molecule has 1 aromatic carbocycles. The third-order valence-electron chi connectivity index (χ3n) is 2.76. The van der Waals surface area contributed by atoms with Crippen LogP contribution in [0.25, 0.3) is 0 Å². The largest absolute Gasteiger partial charge is 0.495 e. The zero-order chi connectivity index (χ0) is 13.3. The van der Waals surface area contributed by atoms with Gasteiger partial charge >= 0.3 is 0 Å². The molecule has 0 saturated carbocycles. The number of carbonyl (C=O) groups excluding carboxylic acids is 2. The molecule has 96 valence electrons. The standard InChI is InChI=1S/C12H13BrN2O3/c1-7-12(17)15(6-11(16)14-7)8-3-4-9(13)10(5-8)18-2/h3-5,7H,6H2,1-2H3,(H,14,16). The van der Waals surface area contributed by atoms with Gasteiger partial charge in [-0.05, 0) is 35.0 Å². The van der Waals surface area contributed by atoms with Crippen molar-refractivity contribution in [3.05, 3.63) is 22.7 Å². The third kappa shape index (κ3) is 2.33. The number of anilines is 1. The topological polar surface area (TPSA) is 58.6 Å². The highest BCUT2D eigenvalue weighted by molar-refractivity contribution is 9.10. The number of hydrogen-bond acceptors (Lipinski definition) is 3. The van der Waals surface area contributed by atoms with Crippen molar-refractivity contribution in [3.63, 3.8) is 0 Å². The number of rotatable bonds is 2. The monoisotopic (exact) mass is 312 g/mol. The molecule has 18 heavy (non-hydrogen) atoms. The van der Waals surface area contributed by atoms with E-state index < -0.39 is 6.04 Å². The molecule has 6 heteroatoms. The van der Waals surface area contributed by atoms with Crippen molar-refractivity contribution in [1.29, 1.82) is 0 Å². The molecule has 1 aliphatic heterocycles. The van der Waals surface area contributed by atoms with Crippen LogP contribution in [0.15, 0.2) is 22.7 Å². The average molecular weight is 313 g/mol. The highest BCUT2D eigenvalue weighted by Crippen LogP contribution is 2.30. The molecular formula is C12H13BrN2O3. The Bertz CT molecular complexity index is 504. The maximum atomic E-state index is 12.0. The lowest BCUT2D eigenvalue weighted by Crippen LogP contribution is -2.57. The Balaban J connectivity index is 2.35. The van der Waals surface area contributed by atoms with Crippen LogP contribution in [0.2, 0.25) is 0 Å². The predicted molar refractivity (Wildman–Crippen MR) is 70.7 cm³/mol. The van der Waals surface area contributed by atoms with Gasteiger partial charge in [0, 0.05) is 11.8 Å². The number of halogens is 1. The van der Waals surface area contributed by atoms with E-state index in [4.69, 9.17) is 4.74 Å². The SMILES string of the molecule is COc1cc(N2CC(=O)NC(C)C2=O)ccc1Br. The van der Waals surface area contributed by atoms with Crippen LogP contribution in [0.5, 0.6) is 5.75 Å². The molecule has 0 aliphatic carbocycles. The molecule has 2 rings (SSSR count). The second-order valence-electron chi connectivity index (χ2n) is 4.03. The quantitative estimate of drug-likeness (QED) is 0.895. The average Bonchev–Trinajstić information content (AvgIpc) is 2.34. The van der Waals surface area contributed by atoms with E-state index in [0.717, 1.165) is 4.47 Å². The van der Waals surface area contributed by atoms with Crippen LogP contribution >= 0.6 is 15.9 Å². The molecule has 5 nitrogen and oxygen atoms in total. The fraction of sp³-hybridized carbons (Fsp3) is 0.333. The van der Waals surface area contributed by atoms with Crippen LogP contribution in [0.1, 0.15) is 6.92 Å². The first kappa shape index (κ1) is 12.9. The smallest absolute Gasteiger partial charge is 0.249 e. The summed E-state index contributed by atoms with van der Waals surface area (Å²) in [4.78, 5) is 24.9. The Morgan fingerprint density at radius 3 is 2.83 bits per heavy atom. The number of benzene rings is 1. The molecule has 1 heterocycles. The summed E-state index contributed by atoms with van der Waals surface area (Å²) in [6, 6.07) is 4.79. The van der Waals surface area contributed by atoms with Gasteiger partial charge in [0.1, 0.15) is 18.3 Å². The zero-order valence-corrected chi connectivity index (χ0v) is 11.7. The van der Waals surface area contributed by atoms with Crippen LogP contribution in [0.4, 0.5) is 5.69 Å². The molecule has 1 aromatic rings. The molecule has 1 atom stereocenters. The van der Waals surface area contributed by atoms with Crippen LogP contribution in [-0.4, -0.2) is 31.5 Å². The van der Waals surface area contributed by atoms with Crippen molar-refractivity contribution in [3.8, 4) is 5.75 Å². The number of nitrogens with zero attached hydrogens (tertiary/aromatic N) is 1. The predicted octanol–water partition coefficient (Wildman–Crippen LogP) is 1.31. The minimum Gasteiger partial charge on any atom is -0.495 e. The van der Waals surface area contributed by atoms with Crippen molar-refractivity contribution in [2.24, 2.45) is 0 Å². The van der Waals surface area contributed by atoms with Crippen molar-refractivity contribution >= 4 is 33.4 Å². The number of amides is 2. The van der Waals surface area contributed by atoms with E-state index in [1.165, 1.54) is 4.90 Å². The van der Waals surface area contributed by atoms with Crippen molar-refractivity contribution in [2.75, 3.05) is 18.6 Å². The Hall–Kier alpha value is -1.56.